The summed E-state index contributed by atoms with van der Waals surface area (Å²) in [6.45, 7) is -0.938. The second kappa shape index (κ2) is 5.74. The number of nitrogens with one attached hydrogen (secondary N) is 1. The number of halogens is 2. The van der Waals surface area contributed by atoms with E-state index in [0.717, 1.165) is 12.1 Å². The number of hydrogen-bond acceptors (Lipinski definition) is 4. The minimum atomic E-state index is -4.35. The highest BCUT2D eigenvalue weighted by Gasteiger charge is 2.26. The molecule has 9 heteroatoms. The summed E-state index contributed by atoms with van der Waals surface area (Å²) in [5.74, 6) is -2.59. The van der Waals surface area contributed by atoms with Gasteiger partial charge in [0.05, 0.1) is 6.61 Å². The van der Waals surface area contributed by atoms with Crippen LogP contribution in [0, 0.1) is 5.82 Å². The molecule has 1 aromatic rings. The van der Waals surface area contributed by atoms with Gasteiger partial charge < -0.3 is 10.2 Å². The van der Waals surface area contributed by atoms with Crippen molar-refractivity contribution >= 4 is 31.9 Å². The first-order valence-electron chi connectivity index (χ1n) is 4.59. The first kappa shape index (κ1) is 15.0. The van der Waals surface area contributed by atoms with E-state index in [4.69, 9.17) is 10.2 Å². The van der Waals surface area contributed by atoms with E-state index in [-0.39, 0.29) is 0 Å². The predicted molar refractivity (Wildman–Crippen MR) is 62.9 cm³/mol. The molecule has 3 N–H and O–H groups in total. The molecule has 100 valence electrons. The molecular formula is C9H9BrFNO5S. The third-order valence-electron chi connectivity index (χ3n) is 1.96. The van der Waals surface area contributed by atoms with Crippen LogP contribution in [-0.2, 0) is 14.8 Å². The predicted octanol–water partition coefficient (Wildman–Crippen LogP) is 0.312. The van der Waals surface area contributed by atoms with Gasteiger partial charge in [-0.2, -0.15) is 4.72 Å². The largest absolute Gasteiger partial charge is 0.480 e. The monoisotopic (exact) mass is 341 g/mol. The molecule has 6 nitrogen and oxygen atoms in total. The summed E-state index contributed by atoms with van der Waals surface area (Å²) in [5, 5.41) is 17.3. The van der Waals surface area contributed by atoms with Gasteiger partial charge in [-0.15, -0.1) is 0 Å². The van der Waals surface area contributed by atoms with Gasteiger partial charge in [0, 0.05) is 4.47 Å². The smallest absolute Gasteiger partial charge is 0.324 e. The Kier molecular flexibility index (Phi) is 4.79. The number of aliphatic hydroxyl groups excluding tert-OH is 1. The molecule has 0 fully saturated rings. The number of aliphatic carboxylic acids is 1. The molecule has 0 spiro atoms. The number of rotatable bonds is 5. The van der Waals surface area contributed by atoms with E-state index in [1.54, 1.807) is 4.72 Å². The molecule has 18 heavy (non-hydrogen) atoms. The molecule has 1 unspecified atom stereocenters. The lowest BCUT2D eigenvalue weighted by Gasteiger charge is -2.12. The lowest BCUT2D eigenvalue weighted by molar-refractivity contribution is -0.139. The maximum absolute atomic E-state index is 13.4. The molecule has 0 heterocycles. The van der Waals surface area contributed by atoms with E-state index < -0.39 is 39.4 Å². The second-order valence-corrected chi connectivity index (χ2v) is 5.87. The Morgan fingerprint density at radius 3 is 2.56 bits per heavy atom. The van der Waals surface area contributed by atoms with E-state index in [9.17, 15) is 17.6 Å². The van der Waals surface area contributed by atoms with Crippen molar-refractivity contribution in [2.75, 3.05) is 6.61 Å². The molecule has 0 radical (unpaired) electrons. The number of aliphatic hydroxyl groups is 1. The molecule has 1 atom stereocenters. The van der Waals surface area contributed by atoms with E-state index in [1.807, 2.05) is 0 Å². The minimum Gasteiger partial charge on any atom is -0.480 e. The first-order valence-corrected chi connectivity index (χ1v) is 6.86. The Labute approximate surface area is 111 Å². The van der Waals surface area contributed by atoms with Crippen LogP contribution in [0.2, 0.25) is 0 Å². The van der Waals surface area contributed by atoms with Gasteiger partial charge in [0.2, 0.25) is 10.0 Å². The Morgan fingerprint density at radius 2 is 2.11 bits per heavy atom. The summed E-state index contributed by atoms with van der Waals surface area (Å²) in [6.07, 6.45) is 0. The normalized spacial score (nSPS) is 13.3. The molecule has 0 saturated carbocycles. The fourth-order valence-corrected chi connectivity index (χ4v) is 2.68. The zero-order valence-corrected chi connectivity index (χ0v) is 11.2. The topological polar surface area (TPSA) is 104 Å². The van der Waals surface area contributed by atoms with E-state index in [1.165, 1.54) is 6.07 Å². The average molecular weight is 342 g/mol. The van der Waals surface area contributed by atoms with Gasteiger partial charge in [-0.05, 0) is 18.2 Å². The van der Waals surface area contributed by atoms with Crippen molar-refractivity contribution in [3.05, 3.63) is 28.5 Å². The van der Waals surface area contributed by atoms with Crippen molar-refractivity contribution in [2.24, 2.45) is 0 Å². The number of carboxylic acids is 1. The Balaban J connectivity index is 3.10. The van der Waals surface area contributed by atoms with Crippen molar-refractivity contribution < 1.29 is 27.8 Å². The molecule has 0 amide bonds. The van der Waals surface area contributed by atoms with Crippen LogP contribution in [0.15, 0.2) is 27.6 Å². The van der Waals surface area contributed by atoms with Crippen molar-refractivity contribution in [2.45, 2.75) is 10.9 Å². The lowest BCUT2D eigenvalue weighted by Crippen LogP contribution is -2.43. The number of carboxylic acid groups (broad SMARTS) is 1. The quantitative estimate of drug-likeness (QED) is 0.715. The van der Waals surface area contributed by atoms with Crippen molar-refractivity contribution in [1.29, 1.82) is 0 Å². The van der Waals surface area contributed by atoms with Crippen LogP contribution in [0.1, 0.15) is 0 Å². The molecule has 0 saturated heterocycles. The van der Waals surface area contributed by atoms with Crippen molar-refractivity contribution in [1.82, 2.24) is 4.72 Å². The van der Waals surface area contributed by atoms with Crippen LogP contribution in [0.5, 0.6) is 0 Å². The van der Waals surface area contributed by atoms with Crippen LogP contribution in [0.3, 0.4) is 0 Å². The minimum absolute atomic E-state index is 0.343. The van der Waals surface area contributed by atoms with Crippen LogP contribution < -0.4 is 4.72 Å². The standard InChI is InChI=1S/C9H9BrFNO5S/c10-5-1-2-8(6(11)3-5)18(16,17)12-7(4-13)9(14)15/h1-3,7,12-13H,4H2,(H,14,15). The number of carbonyl (C=O) groups is 1. The number of sulfonamides is 1. The highest BCUT2D eigenvalue weighted by atomic mass is 79.9. The Hall–Kier alpha value is -1.03. The SMILES string of the molecule is O=C(O)C(CO)NS(=O)(=O)c1ccc(Br)cc1F. The van der Waals surface area contributed by atoms with Crippen LogP contribution in [0.4, 0.5) is 4.39 Å². The van der Waals surface area contributed by atoms with Gasteiger partial charge in [-0.1, -0.05) is 15.9 Å². The summed E-state index contributed by atoms with van der Waals surface area (Å²) >= 11 is 2.96. The molecule has 0 aliphatic carbocycles. The third-order valence-corrected chi connectivity index (χ3v) is 3.96. The average Bonchev–Trinajstić information content (AvgIpc) is 2.24. The molecule has 0 aliphatic heterocycles. The van der Waals surface area contributed by atoms with Crippen LogP contribution in [0.25, 0.3) is 0 Å². The Bertz CT molecular complexity index is 562. The van der Waals surface area contributed by atoms with Gasteiger partial charge in [-0.25, -0.2) is 12.8 Å². The zero-order valence-electron chi connectivity index (χ0n) is 8.80. The van der Waals surface area contributed by atoms with Gasteiger partial charge >= 0.3 is 5.97 Å². The fraction of sp³-hybridized carbons (Fsp3) is 0.222. The summed E-state index contributed by atoms with van der Waals surface area (Å²) < 4.78 is 38.9. The van der Waals surface area contributed by atoms with Gasteiger partial charge in [-0.3, -0.25) is 4.79 Å². The van der Waals surface area contributed by atoms with Crippen molar-refractivity contribution in [3.63, 3.8) is 0 Å². The highest BCUT2D eigenvalue weighted by Crippen LogP contribution is 2.19. The molecule has 1 aromatic carbocycles. The molecule has 1 rings (SSSR count). The molecule has 0 aromatic heterocycles. The maximum Gasteiger partial charge on any atom is 0.324 e. The zero-order chi connectivity index (χ0) is 13.9. The molecule has 0 aliphatic rings. The van der Waals surface area contributed by atoms with E-state index in [2.05, 4.69) is 15.9 Å². The lowest BCUT2D eigenvalue weighted by atomic mass is 10.3. The number of benzene rings is 1. The first-order chi connectivity index (χ1) is 8.27. The van der Waals surface area contributed by atoms with Gasteiger partial charge in [0.15, 0.2) is 0 Å². The van der Waals surface area contributed by atoms with E-state index >= 15 is 0 Å². The Morgan fingerprint density at radius 1 is 1.50 bits per heavy atom. The van der Waals surface area contributed by atoms with Gasteiger partial charge in [0.1, 0.15) is 16.8 Å². The van der Waals surface area contributed by atoms with Crippen LogP contribution >= 0.6 is 15.9 Å². The maximum atomic E-state index is 13.4. The van der Waals surface area contributed by atoms with Crippen molar-refractivity contribution in [3.8, 4) is 0 Å². The van der Waals surface area contributed by atoms with Gasteiger partial charge in [0.25, 0.3) is 0 Å². The summed E-state index contributed by atoms with van der Waals surface area (Å²) in [4.78, 5) is 9.90. The number of hydrogen-bond donors (Lipinski definition) is 3. The summed E-state index contributed by atoms with van der Waals surface area (Å²) in [6, 6.07) is 1.49. The highest BCUT2D eigenvalue weighted by molar-refractivity contribution is 9.10. The van der Waals surface area contributed by atoms with Crippen LogP contribution in [-0.4, -0.2) is 37.2 Å². The summed E-state index contributed by atoms with van der Waals surface area (Å²) in [5.41, 5.74) is 0. The summed E-state index contributed by atoms with van der Waals surface area (Å²) in [7, 11) is -4.35. The van der Waals surface area contributed by atoms with E-state index in [0.29, 0.717) is 4.47 Å². The third kappa shape index (κ3) is 3.48. The second-order valence-electron chi connectivity index (χ2n) is 3.27. The molecular weight excluding hydrogens is 333 g/mol. The fourth-order valence-electron chi connectivity index (χ4n) is 1.11. The molecule has 0 bridgehead atoms.